The molecule has 1 fully saturated rings. The van der Waals surface area contributed by atoms with Crippen LogP contribution in [0.15, 0.2) is 18.2 Å². The molecule has 1 aromatic carbocycles. The second kappa shape index (κ2) is 5.52. The topological polar surface area (TPSA) is 23.6 Å². The highest BCUT2D eigenvalue weighted by atomic mass is 19.1. The van der Waals surface area contributed by atoms with E-state index in [2.05, 4.69) is 11.8 Å². The fourth-order valence-electron chi connectivity index (χ4n) is 3.29. The molecule has 2 heterocycles. The Kier molecular flexibility index (Phi) is 3.74. The van der Waals surface area contributed by atoms with E-state index in [1.54, 1.807) is 6.07 Å². The molecule has 108 valence electrons. The Labute approximate surface area is 119 Å². The number of carbonyl (C=O) groups is 1. The molecule has 0 radical (unpaired) electrons. The van der Waals surface area contributed by atoms with Gasteiger partial charge >= 0.3 is 0 Å². The first-order valence-electron chi connectivity index (χ1n) is 7.47. The van der Waals surface area contributed by atoms with E-state index in [-0.39, 0.29) is 11.7 Å². The minimum Gasteiger partial charge on any atom is -0.337 e. The van der Waals surface area contributed by atoms with Crippen molar-refractivity contribution in [2.24, 2.45) is 0 Å². The molecule has 0 aromatic heterocycles. The van der Waals surface area contributed by atoms with Gasteiger partial charge in [-0.05, 0) is 56.5 Å². The summed E-state index contributed by atoms with van der Waals surface area (Å²) in [6.45, 7) is 5.83. The van der Waals surface area contributed by atoms with Gasteiger partial charge in [0.05, 0.1) is 0 Å². The molecule has 1 unspecified atom stereocenters. The van der Waals surface area contributed by atoms with Gasteiger partial charge in [-0.15, -0.1) is 0 Å². The van der Waals surface area contributed by atoms with Gasteiger partial charge in [0.1, 0.15) is 5.82 Å². The predicted octanol–water partition coefficient (Wildman–Crippen LogP) is 2.31. The first-order valence-corrected chi connectivity index (χ1v) is 7.47. The quantitative estimate of drug-likeness (QED) is 0.846. The van der Waals surface area contributed by atoms with Crippen LogP contribution >= 0.6 is 0 Å². The van der Waals surface area contributed by atoms with E-state index in [4.69, 9.17) is 0 Å². The number of rotatable bonds is 3. The molecule has 1 atom stereocenters. The summed E-state index contributed by atoms with van der Waals surface area (Å²) in [6, 6.07) is 5.13. The number of hydrogen-bond donors (Lipinski definition) is 0. The lowest BCUT2D eigenvalue weighted by atomic mass is 9.99. The zero-order valence-electron chi connectivity index (χ0n) is 11.9. The summed E-state index contributed by atoms with van der Waals surface area (Å²) >= 11 is 0. The zero-order chi connectivity index (χ0) is 14.1. The lowest BCUT2D eigenvalue weighted by Gasteiger charge is -2.31. The maximum atomic E-state index is 13.2. The van der Waals surface area contributed by atoms with Crippen LogP contribution in [0, 0.1) is 5.82 Å². The van der Waals surface area contributed by atoms with Crippen LogP contribution in [-0.4, -0.2) is 47.9 Å². The molecule has 0 N–H and O–H groups in total. The molecule has 3 nitrogen and oxygen atoms in total. The maximum Gasteiger partial charge on any atom is 0.254 e. The fraction of sp³-hybridized carbons (Fsp3) is 0.562. The van der Waals surface area contributed by atoms with E-state index >= 15 is 0 Å². The molecular formula is C16H21FN2O. The van der Waals surface area contributed by atoms with Crippen LogP contribution in [-0.2, 0) is 6.42 Å². The number of benzene rings is 1. The summed E-state index contributed by atoms with van der Waals surface area (Å²) in [5.74, 6) is -0.200. The molecule has 0 aliphatic carbocycles. The molecule has 20 heavy (non-hydrogen) atoms. The van der Waals surface area contributed by atoms with Crippen molar-refractivity contribution in [3.63, 3.8) is 0 Å². The van der Waals surface area contributed by atoms with Crippen molar-refractivity contribution in [3.8, 4) is 0 Å². The molecule has 0 spiro atoms. The SMILES string of the molecule is CC1CCCN1CCN1CCc2cc(F)ccc2C1=O. The highest BCUT2D eigenvalue weighted by Gasteiger charge is 2.26. The Morgan fingerprint density at radius 1 is 1.30 bits per heavy atom. The number of amides is 1. The normalized spacial score (nSPS) is 23.2. The van der Waals surface area contributed by atoms with Crippen molar-refractivity contribution >= 4 is 5.91 Å². The lowest BCUT2D eigenvalue weighted by Crippen LogP contribution is -2.43. The average molecular weight is 276 g/mol. The third-order valence-electron chi connectivity index (χ3n) is 4.58. The number of halogens is 1. The third-order valence-corrected chi connectivity index (χ3v) is 4.58. The first kappa shape index (κ1) is 13.6. The molecule has 0 saturated carbocycles. The molecule has 4 heteroatoms. The van der Waals surface area contributed by atoms with Gasteiger partial charge in [-0.3, -0.25) is 9.69 Å². The van der Waals surface area contributed by atoms with Gasteiger partial charge in [0, 0.05) is 31.2 Å². The van der Waals surface area contributed by atoms with Crippen molar-refractivity contribution in [1.29, 1.82) is 0 Å². The van der Waals surface area contributed by atoms with E-state index in [0.717, 1.165) is 31.6 Å². The van der Waals surface area contributed by atoms with Crippen molar-refractivity contribution in [3.05, 3.63) is 35.1 Å². The van der Waals surface area contributed by atoms with Gasteiger partial charge in [0.25, 0.3) is 5.91 Å². The summed E-state index contributed by atoms with van der Waals surface area (Å²) in [5.41, 5.74) is 1.52. The van der Waals surface area contributed by atoms with Gasteiger partial charge in [-0.2, -0.15) is 0 Å². The van der Waals surface area contributed by atoms with E-state index in [1.165, 1.54) is 25.0 Å². The van der Waals surface area contributed by atoms with Crippen molar-refractivity contribution < 1.29 is 9.18 Å². The highest BCUT2D eigenvalue weighted by molar-refractivity contribution is 5.96. The van der Waals surface area contributed by atoms with E-state index in [1.807, 2.05) is 4.90 Å². The smallest absolute Gasteiger partial charge is 0.254 e. The van der Waals surface area contributed by atoms with Crippen LogP contribution in [0.2, 0.25) is 0 Å². The first-order chi connectivity index (χ1) is 9.65. The van der Waals surface area contributed by atoms with Gasteiger partial charge in [-0.1, -0.05) is 0 Å². The minimum atomic E-state index is -0.254. The molecular weight excluding hydrogens is 255 g/mol. The highest BCUT2D eigenvalue weighted by Crippen LogP contribution is 2.21. The van der Waals surface area contributed by atoms with E-state index in [0.29, 0.717) is 18.2 Å². The maximum absolute atomic E-state index is 13.2. The summed E-state index contributed by atoms with van der Waals surface area (Å²) in [7, 11) is 0. The number of likely N-dealkylation sites (tertiary alicyclic amines) is 1. The number of hydrogen-bond acceptors (Lipinski definition) is 2. The lowest BCUT2D eigenvalue weighted by molar-refractivity contribution is 0.0716. The second-order valence-corrected chi connectivity index (χ2v) is 5.87. The summed E-state index contributed by atoms with van der Waals surface area (Å²) in [6.07, 6.45) is 3.28. The fourth-order valence-corrected chi connectivity index (χ4v) is 3.29. The Balaban J connectivity index is 1.65. The molecule has 2 aliphatic rings. The molecule has 1 saturated heterocycles. The van der Waals surface area contributed by atoms with Crippen molar-refractivity contribution in [1.82, 2.24) is 9.80 Å². The summed E-state index contributed by atoms with van der Waals surface area (Å²) in [4.78, 5) is 16.8. The van der Waals surface area contributed by atoms with Crippen LogP contribution in [0.3, 0.4) is 0 Å². The van der Waals surface area contributed by atoms with E-state index in [9.17, 15) is 9.18 Å². The van der Waals surface area contributed by atoms with Crippen LogP contribution < -0.4 is 0 Å². The Morgan fingerprint density at radius 2 is 2.15 bits per heavy atom. The van der Waals surface area contributed by atoms with Crippen LogP contribution in [0.25, 0.3) is 0 Å². The molecule has 2 aliphatic heterocycles. The van der Waals surface area contributed by atoms with Crippen LogP contribution in [0.5, 0.6) is 0 Å². The molecule has 1 amide bonds. The number of carbonyl (C=O) groups excluding carboxylic acids is 1. The monoisotopic (exact) mass is 276 g/mol. The third kappa shape index (κ3) is 2.57. The largest absolute Gasteiger partial charge is 0.337 e. The second-order valence-electron chi connectivity index (χ2n) is 5.87. The standard InChI is InChI=1S/C16H21FN2O/c1-12-3-2-7-18(12)9-10-19-8-6-13-11-14(17)4-5-15(13)16(19)20/h4-5,11-12H,2-3,6-10H2,1H3. The molecule has 1 aromatic rings. The summed E-state index contributed by atoms with van der Waals surface area (Å²) < 4.78 is 13.2. The Morgan fingerprint density at radius 3 is 2.90 bits per heavy atom. The van der Waals surface area contributed by atoms with Crippen LogP contribution in [0.1, 0.15) is 35.7 Å². The minimum absolute atomic E-state index is 0.0538. The zero-order valence-corrected chi connectivity index (χ0v) is 11.9. The molecule has 3 rings (SSSR count). The van der Waals surface area contributed by atoms with Gasteiger partial charge in [0.2, 0.25) is 0 Å². The van der Waals surface area contributed by atoms with Gasteiger partial charge in [-0.25, -0.2) is 4.39 Å². The average Bonchev–Trinajstić information content (AvgIpc) is 2.83. The van der Waals surface area contributed by atoms with Gasteiger partial charge < -0.3 is 4.90 Å². The predicted molar refractivity (Wildman–Crippen MR) is 76.3 cm³/mol. The Bertz CT molecular complexity index is 517. The van der Waals surface area contributed by atoms with Crippen molar-refractivity contribution in [2.75, 3.05) is 26.2 Å². The van der Waals surface area contributed by atoms with Gasteiger partial charge in [0.15, 0.2) is 0 Å². The number of nitrogens with zero attached hydrogens (tertiary/aromatic N) is 2. The van der Waals surface area contributed by atoms with Crippen LogP contribution in [0.4, 0.5) is 4.39 Å². The van der Waals surface area contributed by atoms with Crippen molar-refractivity contribution in [2.45, 2.75) is 32.2 Å². The molecule has 0 bridgehead atoms. The van der Waals surface area contributed by atoms with E-state index < -0.39 is 0 Å². The summed E-state index contributed by atoms with van der Waals surface area (Å²) in [5, 5.41) is 0. The number of fused-ring (bicyclic) bond motifs is 1. The Hall–Kier alpha value is -1.42.